The molecule has 3 N–H and O–H groups in total. The molecule has 0 saturated carbocycles. The highest BCUT2D eigenvalue weighted by Gasteiger charge is 2.40. The summed E-state index contributed by atoms with van der Waals surface area (Å²) in [5, 5.41) is -0.851. The lowest BCUT2D eigenvalue weighted by Crippen LogP contribution is -2.54. The molecule has 1 saturated heterocycles. The predicted molar refractivity (Wildman–Crippen MR) is 76.0 cm³/mol. The maximum Gasteiger partial charge on any atom is 0.216 e. The molecule has 0 amide bonds. The molecular weight excluding hydrogens is 288 g/mol. The van der Waals surface area contributed by atoms with E-state index in [0.717, 1.165) is 0 Å². The number of nitrogens with two attached hydrogens (primary N) is 1. The average Bonchev–Trinajstić information content (AvgIpc) is 2.57. The van der Waals surface area contributed by atoms with E-state index in [0.29, 0.717) is 12.3 Å². The summed E-state index contributed by atoms with van der Waals surface area (Å²) in [6.45, 7) is 5.92. The minimum atomic E-state index is -3.66. The molecule has 0 radical (unpaired) electrons. The fourth-order valence-electron chi connectivity index (χ4n) is 2.50. The van der Waals surface area contributed by atoms with Gasteiger partial charge in [0.05, 0.1) is 16.8 Å². The van der Waals surface area contributed by atoms with E-state index >= 15 is 0 Å². The first-order valence-corrected chi connectivity index (χ1v) is 9.80. The molecule has 1 heterocycles. The second kappa shape index (κ2) is 5.67. The second-order valence-corrected chi connectivity index (χ2v) is 10.2. The van der Waals surface area contributed by atoms with Gasteiger partial charge in [0, 0.05) is 12.1 Å². The molecular formula is C11H24N2O4S2. The van der Waals surface area contributed by atoms with E-state index in [-0.39, 0.29) is 24.5 Å². The summed E-state index contributed by atoms with van der Waals surface area (Å²) in [7, 11) is -6.87. The third-order valence-corrected chi connectivity index (χ3v) is 7.36. The lowest BCUT2D eigenvalue weighted by Gasteiger charge is -2.31. The van der Waals surface area contributed by atoms with E-state index in [9.17, 15) is 16.8 Å². The van der Waals surface area contributed by atoms with Crippen LogP contribution in [0.5, 0.6) is 0 Å². The Morgan fingerprint density at radius 2 is 2.00 bits per heavy atom. The molecule has 19 heavy (non-hydrogen) atoms. The lowest BCUT2D eigenvalue weighted by molar-refractivity contribution is 0.343. The number of sulfonamides is 1. The summed E-state index contributed by atoms with van der Waals surface area (Å²) in [6.07, 6.45) is 0.780. The van der Waals surface area contributed by atoms with Crippen molar-refractivity contribution in [3.8, 4) is 0 Å². The van der Waals surface area contributed by atoms with Crippen molar-refractivity contribution in [1.29, 1.82) is 0 Å². The van der Waals surface area contributed by atoms with Crippen LogP contribution in [0.3, 0.4) is 0 Å². The van der Waals surface area contributed by atoms with Gasteiger partial charge in [-0.3, -0.25) is 0 Å². The second-order valence-electron chi connectivity index (χ2n) is 6.03. The zero-order valence-electron chi connectivity index (χ0n) is 11.7. The van der Waals surface area contributed by atoms with Crippen molar-refractivity contribution in [2.24, 2.45) is 11.7 Å². The predicted octanol–water partition coefficient (Wildman–Crippen LogP) is -0.144. The van der Waals surface area contributed by atoms with E-state index in [1.54, 1.807) is 6.92 Å². The Labute approximate surface area is 116 Å². The van der Waals surface area contributed by atoms with Crippen LogP contribution in [0, 0.1) is 5.92 Å². The van der Waals surface area contributed by atoms with Gasteiger partial charge in [0.15, 0.2) is 9.84 Å². The van der Waals surface area contributed by atoms with E-state index < -0.39 is 30.6 Å². The number of nitrogens with one attached hydrogen (secondary N) is 1. The summed E-state index contributed by atoms with van der Waals surface area (Å²) in [5.74, 6) is -0.0456. The number of hydrogen-bond donors (Lipinski definition) is 2. The molecule has 2 unspecified atom stereocenters. The molecule has 1 fully saturated rings. The lowest BCUT2D eigenvalue weighted by atomic mass is 9.92. The van der Waals surface area contributed by atoms with Crippen LogP contribution in [-0.2, 0) is 19.9 Å². The van der Waals surface area contributed by atoms with Crippen molar-refractivity contribution in [2.75, 3.05) is 18.1 Å². The third-order valence-electron chi connectivity index (χ3n) is 3.33. The highest BCUT2D eigenvalue weighted by Crippen LogP contribution is 2.22. The minimum Gasteiger partial charge on any atom is -0.329 e. The Bertz CT molecular complexity index is 513. The van der Waals surface area contributed by atoms with Gasteiger partial charge in [-0.2, -0.15) is 0 Å². The van der Waals surface area contributed by atoms with Crippen LogP contribution < -0.4 is 10.5 Å². The highest BCUT2D eigenvalue weighted by atomic mass is 32.2. The van der Waals surface area contributed by atoms with Crippen LogP contribution in [0.15, 0.2) is 0 Å². The molecule has 0 bridgehead atoms. The summed E-state index contributed by atoms with van der Waals surface area (Å²) in [5.41, 5.74) is 4.95. The Balaban J connectivity index is 2.84. The zero-order chi connectivity index (χ0) is 14.9. The van der Waals surface area contributed by atoms with Crippen molar-refractivity contribution in [3.05, 3.63) is 0 Å². The molecule has 1 aliphatic heterocycles. The number of hydrogen-bond acceptors (Lipinski definition) is 5. The fraction of sp³-hybridized carbons (Fsp3) is 1.00. The SMILES string of the molecule is CC(C)CC(C)(CN)NS(=O)(=O)C1CCS(=O)(=O)C1. The van der Waals surface area contributed by atoms with Crippen LogP contribution in [0.2, 0.25) is 0 Å². The highest BCUT2D eigenvalue weighted by molar-refractivity contribution is 7.95. The molecule has 0 aliphatic carbocycles. The van der Waals surface area contributed by atoms with Gasteiger partial charge in [0.25, 0.3) is 0 Å². The van der Waals surface area contributed by atoms with Crippen molar-refractivity contribution in [3.63, 3.8) is 0 Å². The third kappa shape index (κ3) is 4.70. The van der Waals surface area contributed by atoms with Gasteiger partial charge in [-0.15, -0.1) is 0 Å². The Morgan fingerprint density at radius 3 is 2.37 bits per heavy atom. The maximum absolute atomic E-state index is 12.2. The Morgan fingerprint density at radius 1 is 1.42 bits per heavy atom. The van der Waals surface area contributed by atoms with Crippen molar-refractivity contribution in [2.45, 2.75) is 44.4 Å². The number of rotatable bonds is 6. The van der Waals surface area contributed by atoms with Gasteiger partial charge >= 0.3 is 0 Å². The van der Waals surface area contributed by atoms with Crippen LogP contribution >= 0.6 is 0 Å². The van der Waals surface area contributed by atoms with Crippen molar-refractivity contribution >= 4 is 19.9 Å². The molecule has 2 atom stereocenters. The number of sulfone groups is 1. The molecule has 6 nitrogen and oxygen atoms in total. The van der Waals surface area contributed by atoms with Gasteiger partial charge in [0.2, 0.25) is 10.0 Å². The van der Waals surface area contributed by atoms with Crippen LogP contribution in [0.25, 0.3) is 0 Å². The first kappa shape index (κ1) is 16.9. The minimum absolute atomic E-state index is 0.0535. The van der Waals surface area contributed by atoms with Gasteiger partial charge in [-0.25, -0.2) is 21.6 Å². The Hall–Kier alpha value is -0.180. The molecule has 0 aromatic heterocycles. The molecule has 1 aliphatic rings. The van der Waals surface area contributed by atoms with Gasteiger partial charge in [0.1, 0.15) is 0 Å². The van der Waals surface area contributed by atoms with Gasteiger partial charge < -0.3 is 5.73 Å². The molecule has 114 valence electrons. The maximum atomic E-state index is 12.2. The van der Waals surface area contributed by atoms with Gasteiger partial charge in [-0.05, 0) is 25.7 Å². The molecule has 0 aromatic carbocycles. The smallest absolute Gasteiger partial charge is 0.216 e. The standard InChI is InChI=1S/C11H24N2O4S2/c1-9(2)6-11(3,8-12)13-19(16,17)10-4-5-18(14,15)7-10/h9-10,13H,4-8,12H2,1-3H3. The quantitative estimate of drug-likeness (QED) is 0.710. The summed E-state index contributed by atoms with van der Waals surface area (Å²) < 4.78 is 49.9. The normalized spacial score (nSPS) is 26.5. The largest absolute Gasteiger partial charge is 0.329 e. The fourth-order valence-corrected chi connectivity index (χ4v) is 6.98. The topological polar surface area (TPSA) is 106 Å². The molecule has 0 aromatic rings. The molecule has 8 heteroatoms. The van der Waals surface area contributed by atoms with Crippen LogP contribution in [-0.4, -0.2) is 45.7 Å². The van der Waals surface area contributed by atoms with E-state index in [1.165, 1.54) is 0 Å². The summed E-state index contributed by atoms with van der Waals surface area (Å²) in [6, 6.07) is 0. The van der Waals surface area contributed by atoms with Crippen molar-refractivity contribution in [1.82, 2.24) is 4.72 Å². The van der Waals surface area contributed by atoms with Crippen molar-refractivity contribution < 1.29 is 16.8 Å². The summed E-state index contributed by atoms with van der Waals surface area (Å²) in [4.78, 5) is 0. The van der Waals surface area contributed by atoms with Gasteiger partial charge in [-0.1, -0.05) is 13.8 Å². The first-order chi connectivity index (χ1) is 8.50. The first-order valence-electron chi connectivity index (χ1n) is 6.43. The molecule has 1 rings (SSSR count). The van der Waals surface area contributed by atoms with E-state index in [2.05, 4.69) is 4.72 Å². The zero-order valence-corrected chi connectivity index (χ0v) is 13.4. The van der Waals surface area contributed by atoms with E-state index in [1.807, 2.05) is 13.8 Å². The molecule has 0 spiro atoms. The summed E-state index contributed by atoms with van der Waals surface area (Å²) >= 11 is 0. The monoisotopic (exact) mass is 312 g/mol. The van der Waals surface area contributed by atoms with Crippen LogP contribution in [0.1, 0.15) is 33.6 Å². The average molecular weight is 312 g/mol. The Kier molecular flexibility index (Phi) is 5.03. The van der Waals surface area contributed by atoms with Crippen LogP contribution in [0.4, 0.5) is 0 Å². The van der Waals surface area contributed by atoms with E-state index in [4.69, 9.17) is 5.73 Å².